The molecule has 3 N–H and O–H groups in total. The minimum absolute atomic E-state index is 0.0567. The first-order chi connectivity index (χ1) is 13.3. The number of benzene rings is 1. The summed E-state index contributed by atoms with van der Waals surface area (Å²) in [5.41, 5.74) is 2.64. The summed E-state index contributed by atoms with van der Waals surface area (Å²) in [5.74, 6) is 1.36. The Labute approximate surface area is 165 Å². The summed E-state index contributed by atoms with van der Waals surface area (Å²) >= 11 is 0. The van der Waals surface area contributed by atoms with Gasteiger partial charge in [-0.05, 0) is 44.0 Å². The number of carbonyl (C=O) groups excluding carboxylic acids is 1. The highest BCUT2D eigenvalue weighted by atomic mass is 16.5. The molecule has 0 fully saturated rings. The van der Waals surface area contributed by atoms with Crippen molar-refractivity contribution < 1.29 is 19.4 Å². The first-order valence-electron chi connectivity index (χ1n) is 9.26. The zero-order chi connectivity index (χ0) is 20.7. The number of carbonyl (C=O) groups is 1. The predicted octanol–water partition coefficient (Wildman–Crippen LogP) is 2.19. The Hall–Kier alpha value is -2.74. The van der Waals surface area contributed by atoms with Crippen LogP contribution >= 0.6 is 0 Å². The highest BCUT2D eigenvalue weighted by molar-refractivity contribution is 5.73. The van der Waals surface area contributed by atoms with E-state index in [1.807, 2.05) is 31.5 Å². The van der Waals surface area contributed by atoms with Crippen molar-refractivity contribution in [2.24, 2.45) is 5.92 Å². The van der Waals surface area contributed by atoms with Gasteiger partial charge in [0.25, 0.3) is 0 Å². The molecule has 2 aromatic rings. The number of nitrogens with zero attached hydrogens (tertiary/aromatic N) is 2. The average molecular weight is 390 g/mol. The molecule has 2 atom stereocenters. The largest absolute Gasteiger partial charge is 0.497 e. The van der Waals surface area contributed by atoms with E-state index in [4.69, 9.17) is 9.47 Å². The number of urea groups is 1. The normalized spacial score (nSPS) is 12.9. The van der Waals surface area contributed by atoms with Gasteiger partial charge < -0.3 is 25.2 Å². The van der Waals surface area contributed by atoms with Gasteiger partial charge >= 0.3 is 6.03 Å². The highest BCUT2D eigenvalue weighted by Crippen LogP contribution is 2.29. The number of aliphatic hydroxyl groups excluding tert-OH is 1. The van der Waals surface area contributed by atoms with Crippen LogP contribution in [-0.2, 0) is 6.54 Å². The molecule has 2 amide bonds. The summed E-state index contributed by atoms with van der Waals surface area (Å²) in [6.45, 7) is 7.31. The molecule has 8 heteroatoms. The van der Waals surface area contributed by atoms with Crippen molar-refractivity contribution in [1.82, 2.24) is 20.4 Å². The fraction of sp³-hybridized carbons (Fsp3) is 0.500. The van der Waals surface area contributed by atoms with E-state index in [-0.39, 0.29) is 18.5 Å². The number of aliphatic hydroxyl groups is 1. The standard InChI is InChI=1S/C20H30N4O4/c1-13(12-24-15(3)8-14(2)23-24)10-21-20(26)22-11-18(25)17-9-16(27-4)6-7-19(17)28-5/h6-9,13,18,25H,10-12H2,1-5H3,(H2,21,22,26). The summed E-state index contributed by atoms with van der Waals surface area (Å²) in [6, 6.07) is 6.86. The smallest absolute Gasteiger partial charge is 0.314 e. The van der Waals surface area contributed by atoms with Crippen LogP contribution in [0, 0.1) is 19.8 Å². The summed E-state index contributed by atoms with van der Waals surface area (Å²) < 4.78 is 12.4. The van der Waals surface area contributed by atoms with Crippen molar-refractivity contribution in [3.8, 4) is 11.5 Å². The van der Waals surface area contributed by atoms with Crippen LogP contribution in [0.15, 0.2) is 24.3 Å². The molecule has 1 aromatic heterocycles. The van der Waals surface area contributed by atoms with Gasteiger partial charge in [-0.1, -0.05) is 6.92 Å². The van der Waals surface area contributed by atoms with Crippen molar-refractivity contribution in [2.45, 2.75) is 33.4 Å². The van der Waals surface area contributed by atoms with Gasteiger partial charge in [0, 0.05) is 30.9 Å². The molecule has 0 bridgehead atoms. The molecule has 0 aliphatic rings. The lowest BCUT2D eigenvalue weighted by molar-refractivity contribution is 0.168. The Morgan fingerprint density at radius 2 is 1.89 bits per heavy atom. The SMILES string of the molecule is COc1ccc(OC)c(C(O)CNC(=O)NCC(C)Cn2nc(C)cc2C)c1. The maximum Gasteiger partial charge on any atom is 0.314 e. The number of hydrogen-bond acceptors (Lipinski definition) is 5. The Balaban J connectivity index is 1.81. The Kier molecular flexibility index (Phi) is 7.69. The third-order valence-electron chi connectivity index (χ3n) is 4.45. The lowest BCUT2D eigenvalue weighted by Crippen LogP contribution is -2.40. The van der Waals surface area contributed by atoms with Crippen LogP contribution in [0.1, 0.15) is 30.0 Å². The van der Waals surface area contributed by atoms with E-state index >= 15 is 0 Å². The van der Waals surface area contributed by atoms with Crippen LogP contribution < -0.4 is 20.1 Å². The molecule has 0 saturated heterocycles. The van der Waals surface area contributed by atoms with E-state index in [0.717, 1.165) is 17.9 Å². The summed E-state index contributed by atoms with van der Waals surface area (Å²) in [6.07, 6.45) is -0.914. The first-order valence-corrected chi connectivity index (χ1v) is 9.26. The zero-order valence-electron chi connectivity index (χ0n) is 17.2. The third kappa shape index (κ3) is 5.88. The second kappa shape index (κ2) is 9.98. The number of nitrogens with one attached hydrogen (secondary N) is 2. The zero-order valence-corrected chi connectivity index (χ0v) is 17.2. The molecule has 28 heavy (non-hydrogen) atoms. The van der Waals surface area contributed by atoms with Gasteiger partial charge in [0.05, 0.1) is 19.9 Å². The predicted molar refractivity (Wildman–Crippen MR) is 107 cm³/mol. The second-order valence-corrected chi connectivity index (χ2v) is 6.93. The minimum Gasteiger partial charge on any atom is -0.497 e. The van der Waals surface area contributed by atoms with E-state index in [1.54, 1.807) is 25.3 Å². The van der Waals surface area contributed by atoms with Gasteiger partial charge in [-0.2, -0.15) is 5.10 Å². The van der Waals surface area contributed by atoms with Gasteiger partial charge in [0.2, 0.25) is 0 Å². The van der Waals surface area contributed by atoms with Crippen molar-refractivity contribution in [1.29, 1.82) is 0 Å². The fourth-order valence-corrected chi connectivity index (χ4v) is 2.95. The number of methoxy groups -OCH3 is 2. The summed E-state index contributed by atoms with van der Waals surface area (Å²) in [5, 5.41) is 20.4. The number of aromatic nitrogens is 2. The lowest BCUT2D eigenvalue weighted by Gasteiger charge is -2.18. The molecule has 1 heterocycles. The fourth-order valence-electron chi connectivity index (χ4n) is 2.95. The van der Waals surface area contributed by atoms with E-state index in [1.165, 1.54) is 7.11 Å². The molecular formula is C20H30N4O4. The van der Waals surface area contributed by atoms with Crippen LogP contribution in [0.2, 0.25) is 0 Å². The summed E-state index contributed by atoms with van der Waals surface area (Å²) in [4.78, 5) is 12.1. The number of hydrogen-bond donors (Lipinski definition) is 3. The topological polar surface area (TPSA) is 97.6 Å². The lowest BCUT2D eigenvalue weighted by atomic mass is 10.1. The minimum atomic E-state index is -0.914. The number of ether oxygens (including phenoxy) is 2. The van der Waals surface area contributed by atoms with Crippen molar-refractivity contribution in [2.75, 3.05) is 27.3 Å². The van der Waals surface area contributed by atoms with Gasteiger partial charge in [-0.25, -0.2) is 4.79 Å². The molecule has 0 radical (unpaired) electrons. The Morgan fingerprint density at radius 3 is 2.50 bits per heavy atom. The van der Waals surface area contributed by atoms with E-state index < -0.39 is 6.10 Å². The molecule has 2 rings (SSSR count). The summed E-state index contributed by atoms with van der Waals surface area (Å²) in [7, 11) is 3.08. The van der Waals surface area contributed by atoms with E-state index in [9.17, 15) is 9.90 Å². The molecule has 154 valence electrons. The monoisotopic (exact) mass is 390 g/mol. The molecule has 0 aliphatic carbocycles. The first kappa shape index (κ1) is 21.6. The molecule has 0 aliphatic heterocycles. The van der Waals surface area contributed by atoms with Crippen molar-refractivity contribution in [3.63, 3.8) is 0 Å². The van der Waals surface area contributed by atoms with Crippen LogP contribution in [0.4, 0.5) is 4.79 Å². The highest BCUT2D eigenvalue weighted by Gasteiger charge is 2.16. The molecule has 1 aromatic carbocycles. The van der Waals surface area contributed by atoms with E-state index in [2.05, 4.69) is 15.7 Å². The van der Waals surface area contributed by atoms with Crippen LogP contribution in [0.3, 0.4) is 0 Å². The molecule has 0 spiro atoms. The molecule has 8 nitrogen and oxygen atoms in total. The van der Waals surface area contributed by atoms with Crippen LogP contribution in [0.25, 0.3) is 0 Å². The van der Waals surface area contributed by atoms with Gasteiger partial charge in [0.15, 0.2) is 0 Å². The molecule has 0 saturated carbocycles. The van der Waals surface area contributed by atoms with Crippen LogP contribution in [-0.4, -0.2) is 48.2 Å². The average Bonchev–Trinajstić information content (AvgIpc) is 3.00. The Bertz CT molecular complexity index is 791. The Morgan fingerprint density at radius 1 is 1.18 bits per heavy atom. The third-order valence-corrected chi connectivity index (χ3v) is 4.45. The maximum absolute atomic E-state index is 12.1. The van der Waals surface area contributed by atoms with Gasteiger partial charge in [0.1, 0.15) is 17.6 Å². The molecule has 2 unspecified atom stereocenters. The molecular weight excluding hydrogens is 360 g/mol. The van der Waals surface area contributed by atoms with E-state index in [0.29, 0.717) is 23.6 Å². The second-order valence-electron chi connectivity index (χ2n) is 6.93. The van der Waals surface area contributed by atoms with Gasteiger partial charge in [-0.3, -0.25) is 4.68 Å². The van der Waals surface area contributed by atoms with Crippen molar-refractivity contribution >= 4 is 6.03 Å². The van der Waals surface area contributed by atoms with Crippen LogP contribution in [0.5, 0.6) is 11.5 Å². The number of aryl methyl sites for hydroxylation is 2. The van der Waals surface area contributed by atoms with Gasteiger partial charge in [-0.15, -0.1) is 0 Å². The number of rotatable bonds is 9. The number of amides is 2. The van der Waals surface area contributed by atoms with Crippen molar-refractivity contribution in [3.05, 3.63) is 41.2 Å². The quantitative estimate of drug-likeness (QED) is 0.610. The maximum atomic E-state index is 12.1.